The first-order valence-electron chi connectivity index (χ1n) is 10.2. The van der Waals surface area contributed by atoms with Gasteiger partial charge in [-0.1, -0.05) is 36.3 Å². The summed E-state index contributed by atoms with van der Waals surface area (Å²) in [5.74, 6) is 0.244. The Hall–Kier alpha value is -3.55. The molecule has 0 aliphatic carbocycles. The van der Waals surface area contributed by atoms with Crippen LogP contribution in [0.25, 0.3) is 0 Å². The smallest absolute Gasteiger partial charge is 0.309 e. The van der Waals surface area contributed by atoms with Gasteiger partial charge in [-0.3, -0.25) is 9.59 Å². The summed E-state index contributed by atoms with van der Waals surface area (Å²) in [4.78, 5) is 30.3. The van der Waals surface area contributed by atoms with Gasteiger partial charge in [0.2, 0.25) is 0 Å². The number of nitrogens with zero attached hydrogens (tertiary/aromatic N) is 2. The van der Waals surface area contributed by atoms with Crippen LogP contribution in [0.2, 0.25) is 0 Å². The Labute approximate surface area is 181 Å². The van der Waals surface area contributed by atoms with Gasteiger partial charge in [0, 0.05) is 6.42 Å². The van der Waals surface area contributed by atoms with Gasteiger partial charge < -0.3 is 24.3 Å². The molecule has 2 aromatic rings. The molecule has 0 bridgehead atoms. The van der Waals surface area contributed by atoms with Crippen LogP contribution in [0.15, 0.2) is 53.7 Å². The zero-order chi connectivity index (χ0) is 22.1. The highest BCUT2D eigenvalue weighted by Gasteiger charge is 2.24. The number of hydrogen-bond acceptors (Lipinski definition) is 6. The van der Waals surface area contributed by atoms with Crippen LogP contribution >= 0.6 is 0 Å². The predicted octanol–water partition coefficient (Wildman–Crippen LogP) is 3.36. The van der Waals surface area contributed by atoms with E-state index in [9.17, 15) is 9.59 Å². The van der Waals surface area contributed by atoms with Crippen molar-refractivity contribution in [1.82, 2.24) is 4.90 Å². The van der Waals surface area contributed by atoms with E-state index in [1.54, 1.807) is 17.0 Å². The van der Waals surface area contributed by atoms with Crippen molar-refractivity contribution in [1.29, 1.82) is 0 Å². The van der Waals surface area contributed by atoms with E-state index in [1.807, 2.05) is 43.3 Å². The molecule has 8 nitrogen and oxygen atoms in total. The van der Waals surface area contributed by atoms with Gasteiger partial charge in [-0.15, -0.1) is 0 Å². The van der Waals surface area contributed by atoms with Gasteiger partial charge in [0.15, 0.2) is 6.73 Å². The molecule has 164 valence electrons. The molecule has 0 unspecified atom stereocenters. The summed E-state index contributed by atoms with van der Waals surface area (Å²) >= 11 is 0. The van der Waals surface area contributed by atoms with Crippen molar-refractivity contribution in [3.63, 3.8) is 0 Å². The van der Waals surface area contributed by atoms with E-state index >= 15 is 0 Å². The van der Waals surface area contributed by atoms with Gasteiger partial charge >= 0.3 is 5.97 Å². The standard InChI is InChI=1S/C23H26N2O6/c1-2-12-31-24-18(15-22(26)27)14-17-7-9-19(10-8-17)29-13-11-25-16-30-21-6-4-3-5-20(21)23(25)28/h3-10H,2,11-16H2,1H3,(H,26,27)/b24-18-. The second-order valence-electron chi connectivity index (χ2n) is 7.07. The van der Waals surface area contributed by atoms with Crippen LogP contribution in [0.5, 0.6) is 11.5 Å². The number of amides is 1. The normalized spacial score (nSPS) is 13.4. The Morgan fingerprint density at radius 2 is 1.94 bits per heavy atom. The number of aliphatic carboxylic acids is 1. The lowest BCUT2D eigenvalue weighted by Crippen LogP contribution is -2.40. The number of carbonyl (C=O) groups is 2. The van der Waals surface area contributed by atoms with Crippen LogP contribution in [0.1, 0.15) is 35.7 Å². The van der Waals surface area contributed by atoms with Crippen molar-refractivity contribution < 1.29 is 29.0 Å². The first-order valence-corrected chi connectivity index (χ1v) is 10.2. The molecule has 1 aliphatic rings. The average molecular weight is 426 g/mol. The number of carboxylic acid groups (broad SMARTS) is 1. The van der Waals surface area contributed by atoms with Gasteiger partial charge in [-0.05, 0) is 36.2 Å². The van der Waals surface area contributed by atoms with E-state index in [-0.39, 0.29) is 19.1 Å². The molecule has 0 aromatic heterocycles. The van der Waals surface area contributed by atoms with Crippen LogP contribution in [-0.2, 0) is 16.1 Å². The molecular formula is C23H26N2O6. The largest absolute Gasteiger partial charge is 0.492 e. The van der Waals surface area contributed by atoms with Gasteiger partial charge in [0.1, 0.15) is 24.7 Å². The first-order chi connectivity index (χ1) is 15.1. The number of fused-ring (bicyclic) bond motifs is 1. The second-order valence-corrected chi connectivity index (χ2v) is 7.07. The van der Waals surface area contributed by atoms with Gasteiger partial charge in [0.25, 0.3) is 5.91 Å². The van der Waals surface area contributed by atoms with Gasteiger partial charge in [-0.25, -0.2) is 0 Å². The molecule has 8 heteroatoms. The quantitative estimate of drug-likeness (QED) is 0.336. The second kappa shape index (κ2) is 11.0. The summed E-state index contributed by atoms with van der Waals surface area (Å²) < 4.78 is 11.4. The number of para-hydroxylation sites is 1. The fourth-order valence-corrected chi connectivity index (χ4v) is 3.05. The van der Waals surface area contributed by atoms with Crippen LogP contribution in [0.4, 0.5) is 0 Å². The maximum atomic E-state index is 12.5. The summed E-state index contributed by atoms with van der Waals surface area (Å²) in [6, 6.07) is 14.5. The molecule has 31 heavy (non-hydrogen) atoms. The molecule has 0 atom stereocenters. The van der Waals surface area contributed by atoms with E-state index in [0.717, 1.165) is 12.0 Å². The summed E-state index contributed by atoms with van der Waals surface area (Å²) in [5, 5.41) is 13.0. The van der Waals surface area contributed by atoms with E-state index in [1.165, 1.54) is 0 Å². The molecule has 0 spiro atoms. The molecule has 1 aliphatic heterocycles. The fraction of sp³-hybridized carbons (Fsp3) is 0.348. The third-order valence-corrected chi connectivity index (χ3v) is 4.59. The molecule has 1 amide bonds. The van der Waals surface area contributed by atoms with Crippen molar-refractivity contribution in [2.75, 3.05) is 26.5 Å². The van der Waals surface area contributed by atoms with Crippen molar-refractivity contribution in [2.24, 2.45) is 5.16 Å². The third-order valence-electron chi connectivity index (χ3n) is 4.59. The van der Waals surface area contributed by atoms with Crippen molar-refractivity contribution in [3.8, 4) is 11.5 Å². The average Bonchev–Trinajstić information content (AvgIpc) is 2.76. The monoisotopic (exact) mass is 426 g/mol. The topological polar surface area (TPSA) is 97.7 Å². The maximum Gasteiger partial charge on any atom is 0.309 e. The van der Waals surface area contributed by atoms with E-state index < -0.39 is 5.97 Å². The summed E-state index contributed by atoms with van der Waals surface area (Å²) in [5.41, 5.74) is 1.92. The highest BCUT2D eigenvalue weighted by molar-refractivity contribution is 5.99. The van der Waals surface area contributed by atoms with Gasteiger partial charge in [0.05, 0.1) is 24.2 Å². The fourth-order valence-electron chi connectivity index (χ4n) is 3.05. The zero-order valence-corrected chi connectivity index (χ0v) is 17.5. The Morgan fingerprint density at radius 1 is 1.16 bits per heavy atom. The predicted molar refractivity (Wildman–Crippen MR) is 115 cm³/mol. The Balaban J connectivity index is 1.50. The minimum absolute atomic E-state index is 0.0728. The Bertz CT molecular complexity index is 926. The number of hydrogen-bond donors (Lipinski definition) is 1. The van der Waals surface area contributed by atoms with Gasteiger partial charge in [-0.2, -0.15) is 0 Å². The number of ether oxygens (including phenoxy) is 2. The molecule has 1 N–H and O–H groups in total. The number of oxime groups is 1. The van der Waals surface area contributed by atoms with E-state index in [0.29, 0.717) is 49.0 Å². The van der Waals surface area contributed by atoms with Crippen LogP contribution in [0, 0.1) is 0 Å². The molecular weight excluding hydrogens is 400 g/mol. The highest BCUT2D eigenvalue weighted by Crippen LogP contribution is 2.24. The molecule has 0 saturated heterocycles. The number of rotatable bonds is 11. The minimum atomic E-state index is -0.947. The molecule has 0 fully saturated rings. The first kappa shape index (κ1) is 22.1. The summed E-state index contributed by atoms with van der Waals surface area (Å²) in [6.45, 7) is 3.33. The lowest BCUT2D eigenvalue weighted by atomic mass is 10.1. The Kier molecular flexibility index (Phi) is 7.86. The highest BCUT2D eigenvalue weighted by atomic mass is 16.6. The molecule has 3 rings (SSSR count). The van der Waals surface area contributed by atoms with E-state index in [4.69, 9.17) is 19.4 Å². The molecule has 0 saturated carbocycles. The summed E-state index contributed by atoms with van der Waals surface area (Å²) in [6.07, 6.45) is 1.02. The number of carboxylic acids is 1. The maximum absolute atomic E-state index is 12.5. The molecule has 0 radical (unpaired) electrons. The molecule has 2 aromatic carbocycles. The lowest BCUT2D eigenvalue weighted by Gasteiger charge is -2.28. The van der Waals surface area contributed by atoms with Crippen LogP contribution < -0.4 is 9.47 Å². The van der Waals surface area contributed by atoms with Crippen molar-refractivity contribution in [2.45, 2.75) is 26.2 Å². The van der Waals surface area contributed by atoms with Crippen LogP contribution in [-0.4, -0.2) is 54.1 Å². The molecule has 1 heterocycles. The summed E-state index contributed by atoms with van der Waals surface area (Å²) in [7, 11) is 0. The van der Waals surface area contributed by atoms with Crippen LogP contribution in [0.3, 0.4) is 0 Å². The third kappa shape index (κ3) is 6.47. The van der Waals surface area contributed by atoms with E-state index in [2.05, 4.69) is 5.16 Å². The Morgan fingerprint density at radius 3 is 2.68 bits per heavy atom. The van der Waals surface area contributed by atoms with Crippen molar-refractivity contribution >= 4 is 17.6 Å². The number of benzene rings is 2. The number of carbonyl (C=O) groups excluding carboxylic acids is 1. The van der Waals surface area contributed by atoms with Crippen molar-refractivity contribution in [3.05, 3.63) is 59.7 Å². The lowest BCUT2D eigenvalue weighted by molar-refractivity contribution is -0.135. The minimum Gasteiger partial charge on any atom is -0.492 e. The zero-order valence-electron chi connectivity index (χ0n) is 17.5. The SMILES string of the molecule is CCCO/N=C(\CC(=O)O)Cc1ccc(OCCN2COc3ccccc3C2=O)cc1.